The number of nitrogens with one attached hydrogen (secondary N) is 2. The summed E-state index contributed by atoms with van der Waals surface area (Å²) in [5.74, 6) is 0.431. The number of hydrogen-bond acceptors (Lipinski definition) is 4. The molecule has 130 valence electrons. The highest BCUT2D eigenvalue weighted by Crippen LogP contribution is 2.32. The molecule has 2 atom stereocenters. The van der Waals surface area contributed by atoms with Crippen molar-refractivity contribution in [1.82, 2.24) is 0 Å². The molecule has 0 radical (unpaired) electrons. The molecule has 2 amide bonds. The normalized spacial score (nSPS) is 16.9. The van der Waals surface area contributed by atoms with E-state index in [1.807, 2.05) is 0 Å². The molecule has 2 unspecified atom stereocenters. The van der Waals surface area contributed by atoms with Crippen LogP contribution in [0, 0.1) is 0 Å². The lowest BCUT2D eigenvalue weighted by Crippen LogP contribution is -2.34. The average Bonchev–Trinajstić information content (AvgIpc) is 2.58. The summed E-state index contributed by atoms with van der Waals surface area (Å²) < 4.78 is 11.1. The lowest BCUT2D eigenvalue weighted by molar-refractivity contribution is -0.123. The summed E-state index contributed by atoms with van der Waals surface area (Å²) in [5.41, 5.74) is 1.04. The second kappa shape index (κ2) is 7.03. The molecule has 1 aliphatic heterocycles. The zero-order valence-corrected chi connectivity index (χ0v) is 14.5. The third kappa shape index (κ3) is 3.85. The van der Waals surface area contributed by atoms with Gasteiger partial charge in [-0.25, -0.2) is 0 Å². The number of anilines is 2. The second-order valence-electron chi connectivity index (χ2n) is 5.64. The van der Waals surface area contributed by atoms with E-state index in [-0.39, 0.29) is 11.8 Å². The summed E-state index contributed by atoms with van der Waals surface area (Å²) in [7, 11) is 0. The maximum absolute atomic E-state index is 12.3. The van der Waals surface area contributed by atoms with Crippen molar-refractivity contribution in [2.45, 2.75) is 26.1 Å². The molecule has 3 rings (SSSR count). The lowest BCUT2D eigenvalue weighted by atomic mass is 10.2. The highest BCUT2D eigenvalue weighted by molar-refractivity contribution is 6.32. The highest BCUT2D eigenvalue weighted by atomic mass is 35.5. The standard InChI is InChI=1S/C18H17ClN2O4/c1-10(24-15-6-4-3-5-13(15)19)17(22)20-12-7-8-16-14(9-12)21-18(23)11(2)25-16/h3-11H,1-2H3,(H,20,22)(H,21,23). The first-order valence-electron chi connectivity index (χ1n) is 7.77. The van der Waals surface area contributed by atoms with E-state index < -0.39 is 12.2 Å². The predicted molar refractivity (Wildman–Crippen MR) is 95.3 cm³/mol. The van der Waals surface area contributed by atoms with E-state index in [1.54, 1.807) is 56.3 Å². The van der Waals surface area contributed by atoms with Gasteiger partial charge in [0.1, 0.15) is 11.5 Å². The number of para-hydroxylation sites is 1. The van der Waals surface area contributed by atoms with Gasteiger partial charge in [-0.1, -0.05) is 23.7 Å². The first kappa shape index (κ1) is 17.1. The zero-order valence-electron chi connectivity index (χ0n) is 13.7. The van der Waals surface area contributed by atoms with E-state index in [0.717, 1.165) is 0 Å². The van der Waals surface area contributed by atoms with E-state index in [2.05, 4.69) is 10.6 Å². The van der Waals surface area contributed by atoms with Crippen LogP contribution in [-0.2, 0) is 9.59 Å². The summed E-state index contributed by atoms with van der Waals surface area (Å²) >= 11 is 6.03. The van der Waals surface area contributed by atoms with Gasteiger partial charge >= 0.3 is 0 Å². The minimum absolute atomic E-state index is 0.230. The number of ether oxygens (including phenoxy) is 2. The molecule has 0 aromatic heterocycles. The van der Waals surface area contributed by atoms with Crippen molar-refractivity contribution in [2.24, 2.45) is 0 Å². The molecule has 0 saturated heterocycles. The van der Waals surface area contributed by atoms with Crippen molar-refractivity contribution in [1.29, 1.82) is 0 Å². The lowest BCUT2D eigenvalue weighted by Gasteiger charge is -2.24. The molecule has 25 heavy (non-hydrogen) atoms. The largest absolute Gasteiger partial charge is 0.479 e. The second-order valence-corrected chi connectivity index (χ2v) is 6.05. The molecule has 6 nitrogen and oxygen atoms in total. The van der Waals surface area contributed by atoms with E-state index in [4.69, 9.17) is 21.1 Å². The van der Waals surface area contributed by atoms with Crippen LogP contribution in [0.2, 0.25) is 5.02 Å². The Morgan fingerprint density at radius 1 is 1.32 bits per heavy atom. The quantitative estimate of drug-likeness (QED) is 0.875. The molecule has 7 heteroatoms. The van der Waals surface area contributed by atoms with Gasteiger partial charge in [-0.2, -0.15) is 0 Å². The molecule has 0 spiro atoms. The molecule has 2 N–H and O–H groups in total. The Morgan fingerprint density at radius 2 is 2.08 bits per heavy atom. The Balaban J connectivity index is 1.68. The van der Waals surface area contributed by atoms with Gasteiger partial charge in [-0.15, -0.1) is 0 Å². The van der Waals surface area contributed by atoms with Gasteiger partial charge in [-0.3, -0.25) is 9.59 Å². The van der Waals surface area contributed by atoms with Crippen LogP contribution in [0.4, 0.5) is 11.4 Å². The number of hydrogen-bond donors (Lipinski definition) is 2. The number of fused-ring (bicyclic) bond motifs is 1. The maximum Gasteiger partial charge on any atom is 0.265 e. The number of amides is 2. The van der Waals surface area contributed by atoms with Crippen LogP contribution in [0.25, 0.3) is 0 Å². The van der Waals surface area contributed by atoms with Crippen molar-refractivity contribution in [3.05, 3.63) is 47.5 Å². The van der Waals surface area contributed by atoms with Crippen molar-refractivity contribution < 1.29 is 19.1 Å². The van der Waals surface area contributed by atoms with Gasteiger partial charge in [0.15, 0.2) is 12.2 Å². The summed E-state index contributed by atoms with van der Waals surface area (Å²) in [6, 6.07) is 12.0. The predicted octanol–water partition coefficient (Wildman–Crippen LogP) is 3.47. The Hall–Kier alpha value is -2.73. The van der Waals surface area contributed by atoms with Crippen LogP contribution in [0.1, 0.15) is 13.8 Å². The number of carbonyl (C=O) groups excluding carboxylic acids is 2. The van der Waals surface area contributed by atoms with Crippen molar-refractivity contribution in [2.75, 3.05) is 10.6 Å². The van der Waals surface area contributed by atoms with Crippen LogP contribution in [0.15, 0.2) is 42.5 Å². The molecular formula is C18H17ClN2O4. The smallest absolute Gasteiger partial charge is 0.265 e. The molecule has 0 fully saturated rings. The van der Waals surface area contributed by atoms with E-state index in [9.17, 15) is 9.59 Å². The minimum atomic E-state index is -0.748. The Bertz CT molecular complexity index is 824. The highest BCUT2D eigenvalue weighted by Gasteiger charge is 2.24. The molecule has 1 heterocycles. The summed E-state index contributed by atoms with van der Waals surface area (Å²) in [6.45, 7) is 3.30. The fraction of sp³-hybridized carbons (Fsp3) is 0.222. The summed E-state index contributed by atoms with van der Waals surface area (Å²) in [5, 5.41) is 5.91. The molecule has 2 aromatic rings. The number of halogens is 1. The zero-order chi connectivity index (χ0) is 18.0. The summed E-state index contributed by atoms with van der Waals surface area (Å²) in [4.78, 5) is 24.0. The first-order chi connectivity index (χ1) is 11.9. The Labute approximate surface area is 150 Å². The van der Waals surface area contributed by atoms with Crippen molar-refractivity contribution in [3.8, 4) is 11.5 Å². The topological polar surface area (TPSA) is 76.7 Å². The molecule has 0 aliphatic carbocycles. The number of carbonyl (C=O) groups is 2. The van der Waals surface area contributed by atoms with E-state index in [0.29, 0.717) is 27.9 Å². The third-order valence-corrected chi connectivity index (χ3v) is 4.00. The fourth-order valence-corrected chi connectivity index (χ4v) is 2.49. The van der Waals surface area contributed by atoms with Gasteiger partial charge in [0.2, 0.25) is 0 Å². The van der Waals surface area contributed by atoms with Gasteiger partial charge in [0.05, 0.1) is 10.7 Å². The fourth-order valence-electron chi connectivity index (χ4n) is 2.31. The number of benzene rings is 2. The first-order valence-corrected chi connectivity index (χ1v) is 8.15. The van der Waals surface area contributed by atoms with Crippen LogP contribution < -0.4 is 20.1 Å². The van der Waals surface area contributed by atoms with E-state index >= 15 is 0 Å². The maximum atomic E-state index is 12.3. The van der Waals surface area contributed by atoms with Gasteiger partial charge in [0.25, 0.3) is 11.8 Å². The Kier molecular flexibility index (Phi) is 4.81. The molecular weight excluding hydrogens is 344 g/mol. The SMILES string of the molecule is CC(Oc1ccccc1Cl)C(=O)Nc1ccc2c(c1)NC(=O)C(C)O2. The van der Waals surface area contributed by atoms with Crippen molar-refractivity contribution in [3.63, 3.8) is 0 Å². The van der Waals surface area contributed by atoms with Crippen LogP contribution in [-0.4, -0.2) is 24.0 Å². The minimum Gasteiger partial charge on any atom is -0.479 e. The van der Waals surface area contributed by atoms with Crippen LogP contribution >= 0.6 is 11.6 Å². The molecule has 0 saturated carbocycles. The third-order valence-electron chi connectivity index (χ3n) is 3.69. The van der Waals surface area contributed by atoms with Gasteiger partial charge < -0.3 is 20.1 Å². The van der Waals surface area contributed by atoms with Gasteiger partial charge in [-0.05, 0) is 44.2 Å². The Morgan fingerprint density at radius 3 is 2.84 bits per heavy atom. The molecule has 0 bridgehead atoms. The number of rotatable bonds is 4. The van der Waals surface area contributed by atoms with Crippen molar-refractivity contribution >= 4 is 34.8 Å². The van der Waals surface area contributed by atoms with Gasteiger partial charge in [0, 0.05) is 5.69 Å². The summed E-state index contributed by atoms with van der Waals surface area (Å²) in [6.07, 6.45) is -1.29. The molecule has 1 aliphatic rings. The van der Waals surface area contributed by atoms with E-state index in [1.165, 1.54) is 0 Å². The average molecular weight is 361 g/mol. The molecule has 2 aromatic carbocycles. The van der Waals surface area contributed by atoms with Crippen LogP contribution in [0.5, 0.6) is 11.5 Å². The van der Waals surface area contributed by atoms with Crippen LogP contribution in [0.3, 0.4) is 0 Å². The monoisotopic (exact) mass is 360 g/mol.